The standard InChI is InChI=1S/C16H15ClN2O4S2/c1-16(13-3-2-9-24-13)14(20)19(15(21)18-16)8-10-25(22,23)12-6-4-11(17)5-7-12/h2-7,9H,8,10H2,1H3,(H,18,21). The number of halogens is 1. The summed E-state index contributed by atoms with van der Waals surface area (Å²) in [4.78, 5) is 26.6. The maximum absolute atomic E-state index is 12.7. The molecular weight excluding hydrogens is 384 g/mol. The fraction of sp³-hybridized carbons (Fsp3) is 0.250. The third kappa shape index (κ3) is 3.29. The minimum absolute atomic E-state index is 0.102. The van der Waals surface area contributed by atoms with Gasteiger partial charge in [-0.05, 0) is 42.6 Å². The first-order valence-corrected chi connectivity index (χ1v) is 10.3. The van der Waals surface area contributed by atoms with Gasteiger partial charge in [0.1, 0.15) is 0 Å². The molecule has 1 aliphatic rings. The van der Waals surface area contributed by atoms with E-state index in [1.165, 1.54) is 35.6 Å². The van der Waals surface area contributed by atoms with Crippen LogP contribution >= 0.6 is 22.9 Å². The molecule has 3 rings (SSSR count). The number of imide groups is 1. The predicted octanol–water partition coefficient (Wildman–Crippen LogP) is 2.64. The molecule has 2 aromatic rings. The molecule has 25 heavy (non-hydrogen) atoms. The predicted molar refractivity (Wildman–Crippen MR) is 95.4 cm³/mol. The molecule has 1 aliphatic heterocycles. The first-order chi connectivity index (χ1) is 11.7. The van der Waals surface area contributed by atoms with Crippen LogP contribution in [0.4, 0.5) is 4.79 Å². The summed E-state index contributed by atoms with van der Waals surface area (Å²) in [5, 5.41) is 4.90. The van der Waals surface area contributed by atoms with Gasteiger partial charge in [0.25, 0.3) is 5.91 Å². The lowest BCUT2D eigenvalue weighted by Gasteiger charge is -2.20. The van der Waals surface area contributed by atoms with E-state index in [4.69, 9.17) is 11.6 Å². The average Bonchev–Trinajstić information content (AvgIpc) is 3.16. The van der Waals surface area contributed by atoms with Crippen LogP contribution in [0.2, 0.25) is 5.02 Å². The Morgan fingerprint density at radius 1 is 1.20 bits per heavy atom. The number of rotatable bonds is 5. The van der Waals surface area contributed by atoms with Gasteiger partial charge in [-0.25, -0.2) is 13.2 Å². The summed E-state index contributed by atoms with van der Waals surface area (Å²) >= 11 is 7.12. The molecule has 0 saturated carbocycles. The van der Waals surface area contributed by atoms with Crippen LogP contribution in [0, 0.1) is 0 Å². The van der Waals surface area contributed by atoms with E-state index in [1.807, 2.05) is 5.38 Å². The van der Waals surface area contributed by atoms with Crippen LogP contribution in [0.3, 0.4) is 0 Å². The Bertz CT molecular complexity index is 910. The van der Waals surface area contributed by atoms with Gasteiger partial charge in [0.15, 0.2) is 15.4 Å². The molecule has 3 amide bonds. The number of benzene rings is 1. The molecule has 0 spiro atoms. The van der Waals surface area contributed by atoms with E-state index in [-0.39, 0.29) is 17.2 Å². The van der Waals surface area contributed by atoms with Crippen LogP contribution in [0.5, 0.6) is 0 Å². The summed E-state index contributed by atoms with van der Waals surface area (Å²) in [6.45, 7) is 1.41. The van der Waals surface area contributed by atoms with Gasteiger partial charge < -0.3 is 5.32 Å². The molecule has 1 N–H and O–H groups in total. The Morgan fingerprint density at radius 2 is 1.88 bits per heavy atom. The number of thiophene rings is 1. The number of hydrogen-bond donors (Lipinski definition) is 1. The van der Waals surface area contributed by atoms with E-state index < -0.39 is 27.3 Å². The number of carbonyl (C=O) groups excluding carboxylic acids is 2. The van der Waals surface area contributed by atoms with Crippen molar-refractivity contribution in [1.82, 2.24) is 10.2 Å². The van der Waals surface area contributed by atoms with Crippen molar-refractivity contribution in [3.8, 4) is 0 Å². The van der Waals surface area contributed by atoms with Crippen LogP contribution in [-0.2, 0) is 20.2 Å². The van der Waals surface area contributed by atoms with Gasteiger partial charge in [0, 0.05) is 16.4 Å². The quantitative estimate of drug-likeness (QED) is 0.785. The zero-order valence-electron chi connectivity index (χ0n) is 13.2. The van der Waals surface area contributed by atoms with Gasteiger partial charge >= 0.3 is 6.03 Å². The zero-order chi connectivity index (χ0) is 18.2. The van der Waals surface area contributed by atoms with E-state index in [0.29, 0.717) is 9.90 Å². The van der Waals surface area contributed by atoms with Crippen LogP contribution in [0.25, 0.3) is 0 Å². The van der Waals surface area contributed by atoms with E-state index in [9.17, 15) is 18.0 Å². The Balaban J connectivity index is 1.76. The van der Waals surface area contributed by atoms with Crippen molar-refractivity contribution in [2.24, 2.45) is 0 Å². The SMILES string of the molecule is CC1(c2cccs2)NC(=O)N(CCS(=O)(=O)c2ccc(Cl)cc2)C1=O. The highest BCUT2D eigenvalue weighted by Crippen LogP contribution is 2.31. The highest BCUT2D eigenvalue weighted by molar-refractivity contribution is 7.91. The second kappa shape index (κ2) is 6.44. The third-order valence-electron chi connectivity index (χ3n) is 4.05. The van der Waals surface area contributed by atoms with Gasteiger partial charge in [0.05, 0.1) is 10.6 Å². The second-order valence-electron chi connectivity index (χ2n) is 5.76. The third-order valence-corrected chi connectivity index (χ3v) is 7.10. The van der Waals surface area contributed by atoms with Crippen molar-refractivity contribution in [1.29, 1.82) is 0 Å². The molecule has 6 nitrogen and oxygen atoms in total. The topological polar surface area (TPSA) is 83.6 Å². The first kappa shape index (κ1) is 17.9. The van der Waals surface area contributed by atoms with Crippen molar-refractivity contribution in [2.45, 2.75) is 17.4 Å². The van der Waals surface area contributed by atoms with Crippen molar-refractivity contribution in [2.75, 3.05) is 12.3 Å². The Hall–Kier alpha value is -1.90. The molecule has 9 heteroatoms. The zero-order valence-corrected chi connectivity index (χ0v) is 15.6. The second-order valence-corrected chi connectivity index (χ2v) is 9.26. The molecule has 2 heterocycles. The number of hydrogen-bond acceptors (Lipinski definition) is 5. The Labute approximate surface area is 154 Å². The van der Waals surface area contributed by atoms with Crippen molar-refractivity contribution >= 4 is 44.7 Å². The summed E-state index contributed by atoms with van der Waals surface area (Å²) in [6.07, 6.45) is 0. The number of nitrogens with one attached hydrogen (secondary N) is 1. The molecule has 1 saturated heterocycles. The number of sulfone groups is 1. The lowest BCUT2D eigenvalue weighted by molar-refractivity contribution is -0.130. The Kier molecular flexibility index (Phi) is 4.61. The summed E-state index contributed by atoms with van der Waals surface area (Å²) in [6, 6.07) is 8.73. The van der Waals surface area contributed by atoms with Crippen LogP contribution in [-0.4, -0.2) is 37.6 Å². The monoisotopic (exact) mass is 398 g/mol. The molecular formula is C16H15ClN2O4S2. The highest BCUT2D eigenvalue weighted by atomic mass is 35.5. The van der Waals surface area contributed by atoms with Gasteiger partial charge in [-0.2, -0.15) is 0 Å². The smallest absolute Gasteiger partial charge is 0.319 e. The van der Waals surface area contributed by atoms with Gasteiger partial charge in [0.2, 0.25) is 0 Å². The first-order valence-electron chi connectivity index (χ1n) is 7.40. The maximum Gasteiger partial charge on any atom is 0.325 e. The molecule has 0 bridgehead atoms. The largest absolute Gasteiger partial charge is 0.325 e. The number of carbonyl (C=O) groups is 2. The fourth-order valence-corrected chi connectivity index (χ4v) is 4.77. The molecule has 0 aliphatic carbocycles. The highest BCUT2D eigenvalue weighted by Gasteiger charge is 2.49. The van der Waals surface area contributed by atoms with Crippen molar-refractivity contribution in [3.63, 3.8) is 0 Å². The fourth-order valence-electron chi connectivity index (χ4n) is 2.60. The van der Waals surface area contributed by atoms with E-state index in [1.54, 1.807) is 19.1 Å². The van der Waals surface area contributed by atoms with E-state index >= 15 is 0 Å². The van der Waals surface area contributed by atoms with Gasteiger partial charge in [-0.3, -0.25) is 9.69 Å². The summed E-state index contributed by atoms with van der Waals surface area (Å²) < 4.78 is 24.8. The minimum Gasteiger partial charge on any atom is -0.319 e. The van der Waals surface area contributed by atoms with Crippen LogP contribution in [0.15, 0.2) is 46.7 Å². The summed E-state index contributed by atoms with van der Waals surface area (Å²) in [7, 11) is -3.63. The lowest BCUT2D eigenvalue weighted by Crippen LogP contribution is -2.40. The lowest BCUT2D eigenvalue weighted by atomic mass is 10.0. The summed E-state index contributed by atoms with van der Waals surface area (Å²) in [5.74, 6) is -0.805. The van der Waals surface area contributed by atoms with Crippen LogP contribution < -0.4 is 5.32 Å². The molecule has 1 aromatic carbocycles. The Morgan fingerprint density at radius 3 is 2.48 bits per heavy atom. The molecule has 1 atom stereocenters. The van der Waals surface area contributed by atoms with E-state index in [2.05, 4.69) is 5.32 Å². The number of amides is 3. The molecule has 1 aromatic heterocycles. The average molecular weight is 399 g/mol. The molecule has 0 radical (unpaired) electrons. The molecule has 1 fully saturated rings. The normalized spacial score (nSPS) is 20.8. The van der Waals surface area contributed by atoms with Crippen LogP contribution in [0.1, 0.15) is 11.8 Å². The van der Waals surface area contributed by atoms with Gasteiger partial charge in [-0.1, -0.05) is 17.7 Å². The molecule has 1 unspecified atom stereocenters. The number of urea groups is 1. The summed E-state index contributed by atoms with van der Waals surface area (Å²) in [5.41, 5.74) is -1.16. The maximum atomic E-state index is 12.7. The van der Waals surface area contributed by atoms with Crippen molar-refractivity contribution < 1.29 is 18.0 Å². The van der Waals surface area contributed by atoms with E-state index in [0.717, 1.165) is 4.90 Å². The molecule has 132 valence electrons. The van der Waals surface area contributed by atoms with Crippen molar-refractivity contribution in [3.05, 3.63) is 51.7 Å². The van der Waals surface area contributed by atoms with Gasteiger partial charge in [-0.15, -0.1) is 11.3 Å². The minimum atomic E-state index is -3.63. The number of nitrogens with zero attached hydrogens (tertiary/aromatic N) is 1.